The highest BCUT2D eigenvalue weighted by atomic mass is 35.5. The van der Waals surface area contributed by atoms with Gasteiger partial charge in [0.25, 0.3) is 0 Å². The van der Waals surface area contributed by atoms with E-state index < -0.39 is 5.50 Å². The number of hydrogen-bond donors (Lipinski definition) is 1. The van der Waals surface area contributed by atoms with E-state index in [2.05, 4.69) is 15.3 Å². The first-order valence-electron chi connectivity index (χ1n) is 9.12. The van der Waals surface area contributed by atoms with Gasteiger partial charge in [-0.05, 0) is 39.0 Å². The summed E-state index contributed by atoms with van der Waals surface area (Å²) in [4.78, 5) is 0. The van der Waals surface area contributed by atoms with E-state index in [1.54, 1.807) is 34.1 Å². The average molecular weight is 434 g/mol. The van der Waals surface area contributed by atoms with Crippen LogP contribution >= 0.6 is 23.4 Å². The number of hydrogen-bond acceptors (Lipinski definition) is 6. The maximum absolute atomic E-state index is 14.1. The smallest absolute Gasteiger partial charge is 0.173 e. The lowest BCUT2D eigenvalue weighted by Crippen LogP contribution is -2.32. The Labute approximate surface area is 177 Å². The quantitative estimate of drug-likeness (QED) is 0.660. The van der Waals surface area contributed by atoms with Crippen LogP contribution in [-0.4, -0.2) is 30.1 Å². The Hall–Kier alpha value is -2.36. The topological polar surface area (TPSA) is 77.3 Å². The first kappa shape index (κ1) is 19.9. The Morgan fingerprint density at radius 2 is 2.07 bits per heavy atom. The van der Waals surface area contributed by atoms with Crippen LogP contribution in [0.4, 0.5) is 10.2 Å². The van der Waals surface area contributed by atoms with Gasteiger partial charge in [0.15, 0.2) is 11.3 Å². The first-order valence-corrected chi connectivity index (χ1v) is 10.4. The Balaban J connectivity index is 1.55. The van der Waals surface area contributed by atoms with Crippen molar-refractivity contribution in [1.29, 1.82) is 0 Å². The van der Waals surface area contributed by atoms with Crippen molar-refractivity contribution >= 4 is 34.2 Å². The van der Waals surface area contributed by atoms with Crippen LogP contribution in [0.15, 0.2) is 41.6 Å². The number of hydrazone groups is 1. The predicted octanol–water partition coefficient (Wildman–Crippen LogP) is 3.91. The maximum Gasteiger partial charge on any atom is 0.173 e. The molecular formula is C19H21ClFN7S. The molecule has 0 spiro atoms. The lowest BCUT2D eigenvalue weighted by atomic mass is 10.2. The molecule has 29 heavy (non-hydrogen) atoms. The third-order valence-electron chi connectivity index (χ3n) is 4.70. The van der Waals surface area contributed by atoms with E-state index in [4.69, 9.17) is 17.3 Å². The van der Waals surface area contributed by atoms with Gasteiger partial charge in [0.1, 0.15) is 10.9 Å². The summed E-state index contributed by atoms with van der Waals surface area (Å²) in [6.07, 6.45) is 1.76. The van der Waals surface area contributed by atoms with E-state index in [9.17, 15) is 4.39 Å². The molecule has 1 aliphatic heterocycles. The van der Waals surface area contributed by atoms with Crippen LogP contribution in [-0.2, 0) is 6.54 Å². The van der Waals surface area contributed by atoms with Crippen molar-refractivity contribution in [3.63, 3.8) is 0 Å². The van der Waals surface area contributed by atoms with Crippen molar-refractivity contribution in [2.75, 3.05) is 5.01 Å². The number of rotatable bonds is 5. The summed E-state index contributed by atoms with van der Waals surface area (Å²) in [5, 5.41) is 16.6. The highest BCUT2D eigenvalue weighted by molar-refractivity contribution is 8.14. The van der Waals surface area contributed by atoms with Crippen LogP contribution in [0, 0.1) is 19.7 Å². The monoisotopic (exact) mass is 433 g/mol. The summed E-state index contributed by atoms with van der Waals surface area (Å²) < 4.78 is 17.6. The number of aromatic nitrogens is 4. The summed E-state index contributed by atoms with van der Waals surface area (Å²) in [6.45, 7) is 6.25. The molecule has 2 atom stereocenters. The van der Waals surface area contributed by atoms with Crippen molar-refractivity contribution in [2.45, 2.75) is 38.9 Å². The molecule has 1 aliphatic rings. The fourth-order valence-electron chi connectivity index (χ4n) is 3.27. The van der Waals surface area contributed by atoms with Crippen molar-refractivity contribution < 1.29 is 4.39 Å². The molecule has 10 heteroatoms. The van der Waals surface area contributed by atoms with Gasteiger partial charge in [0.2, 0.25) is 0 Å². The van der Waals surface area contributed by atoms with Gasteiger partial charge in [-0.1, -0.05) is 29.4 Å². The molecular weight excluding hydrogens is 413 g/mol. The molecule has 0 saturated heterocycles. The second kappa shape index (κ2) is 7.81. The van der Waals surface area contributed by atoms with Gasteiger partial charge in [-0.2, -0.15) is 15.3 Å². The molecule has 3 heterocycles. The zero-order chi connectivity index (χ0) is 20.7. The maximum atomic E-state index is 14.1. The number of halogens is 2. The number of nitrogens with two attached hydrogens (primary N) is 1. The molecule has 3 aromatic rings. The summed E-state index contributed by atoms with van der Waals surface area (Å²) in [5.74, 6) is 0.232. The van der Waals surface area contributed by atoms with Crippen molar-refractivity contribution in [3.8, 4) is 0 Å². The third-order valence-corrected chi connectivity index (χ3v) is 6.16. The van der Waals surface area contributed by atoms with Gasteiger partial charge in [-0.3, -0.25) is 9.36 Å². The minimum atomic E-state index is -0.398. The molecule has 4 rings (SSSR count). The summed E-state index contributed by atoms with van der Waals surface area (Å²) >= 11 is 7.59. The molecule has 0 saturated carbocycles. The van der Waals surface area contributed by atoms with Crippen molar-refractivity contribution in [2.24, 2.45) is 10.8 Å². The number of anilines is 1. The highest BCUT2D eigenvalue weighted by Crippen LogP contribution is 2.32. The molecule has 152 valence electrons. The van der Waals surface area contributed by atoms with Crippen LogP contribution in [0.2, 0.25) is 5.02 Å². The lowest BCUT2D eigenvalue weighted by Gasteiger charge is -2.15. The Morgan fingerprint density at radius 3 is 2.76 bits per heavy atom. The van der Waals surface area contributed by atoms with Gasteiger partial charge < -0.3 is 5.73 Å². The van der Waals surface area contributed by atoms with Gasteiger partial charge in [0, 0.05) is 28.5 Å². The lowest BCUT2D eigenvalue weighted by molar-refractivity contribution is 0.583. The minimum absolute atomic E-state index is 0.0379. The number of thioether (sulfide) groups is 1. The fraction of sp³-hybridized carbons (Fsp3) is 0.316. The summed E-state index contributed by atoms with van der Waals surface area (Å²) in [6, 6.07) is 8.42. The van der Waals surface area contributed by atoms with Crippen LogP contribution in [0.1, 0.15) is 29.9 Å². The van der Waals surface area contributed by atoms with E-state index in [1.807, 2.05) is 31.5 Å². The number of benzene rings is 1. The molecule has 0 radical (unpaired) electrons. The van der Waals surface area contributed by atoms with Crippen LogP contribution < -0.4 is 10.7 Å². The molecule has 2 unspecified atom stereocenters. The van der Waals surface area contributed by atoms with Crippen LogP contribution in [0.3, 0.4) is 0 Å². The molecule has 1 aromatic carbocycles. The second-order valence-corrected chi connectivity index (χ2v) is 8.45. The molecule has 0 aliphatic carbocycles. The zero-order valence-corrected chi connectivity index (χ0v) is 17.8. The van der Waals surface area contributed by atoms with Crippen molar-refractivity contribution in [1.82, 2.24) is 19.6 Å². The number of nitrogens with zero attached hydrogens (tertiary/aromatic N) is 6. The van der Waals surface area contributed by atoms with E-state index in [0.717, 1.165) is 16.4 Å². The van der Waals surface area contributed by atoms with Crippen molar-refractivity contribution in [3.05, 3.63) is 64.3 Å². The normalized spacial score (nSPS) is 17.7. The zero-order valence-electron chi connectivity index (χ0n) is 16.3. The standard InChI is InChI=1S/C19H21ClFN7S/c1-11-9-12(2)27(23-11)13(3)18-25-28(19(22)29-18)17-7-8-26(24-17)10-14-15(20)5-4-6-16(14)21/h4-9,13,19H,10,22H2,1-3H3. The van der Waals surface area contributed by atoms with Crippen LogP contribution in [0.5, 0.6) is 0 Å². The third kappa shape index (κ3) is 3.90. The van der Waals surface area contributed by atoms with E-state index in [0.29, 0.717) is 16.4 Å². The Bertz CT molecular complexity index is 1060. The second-order valence-electron chi connectivity index (χ2n) is 6.91. The fourth-order valence-corrected chi connectivity index (χ4v) is 4.43. The predicted molar refractivity (Wildman–Crippen MR) is 115 cm³/mol. The molecule has 0 fully saturated rings. The molecule has 0 amide bonds. The van der Waals surface area contributed by atoms with E-state index in [-0.39, 0.29) is 18.4 Å². The first-order chi connectivity index (χ1) is 13.8. The molecule has 0 bridgehead atoms. The molecule has 2 aromatic heterocycles. The Morgan fingerprint density at radius 1 is 1.28 bits per heavy atom. The largest absolute Gasteiger partial charge is 0.301 e. The highest BCUT2D eigenvalue weighted by Gasteiger charge is 2.31. The van der Waals surface area contributed by atoms with E-state index in [1.165, 1.54) is 17.8 Å². The van der Waals surface area contributed by atoms with Gasteiger partial charge in [-0.15, -0.1) is 0 Å². The molecule has 7 nitrogen and oxygen atoms in total. The Kier molecular flexibility index (Phi) is 5.37. The van der Waals surface area contributed by atoms with Gasteiger partial charge >= 0.3 is 0 Å². The average Bonchev–Trinajstić information content (AvgIpc) is 3.36. The minimum Gasteiger partial charge on any atom is -0.301 e. The summed E-state index contributed by atoms with van der Waals surface area (Å²) in [7, 11) is 0. The van der Waals surface area contributed by atoms with Gasteiger partial charge in [-0.25, -0.2) is 9.40 Å². The SMILES string of the molecule is Cc1cc(C)n(C(C)C2=NN(c3ccn(Cc4c(F)cccc4Cl)n3)C(N)S2)n1. The summed E-state index contributed by atoms with van der Waals surface area (Å²) in [5.41, 5.74) is 8.31. The van der Waals surface area contributed by atoms with Crippen LogP contribution in [0.25, 0.3) is 0 Å². The van der Waals surface area contributed by atoms with Gasteiger partial charge in [0.05, 0.1) is 18.3 Å². The molecule has 2 N–H and O–H groups in total. The van der Waals surface area contributed by atoms with E-state index >= 15 is 0 Å². The number of aryl methyl sites for hydroxylation is 2.